The molecule has 0 unspecified atom stereocenters. The molecule has 0 radical (unpaired) electrons. The van der Waals surface area contributed by atoms with Gasteiger partial charge in [-0.2, -0.15) is 0 Å². The number of fused-ring (bicyclic) bond motifs is 11. The molecule has 0 amide bonds. The Kier molecular flexibility index (Phi) is 15.1. The highest BCUT2D eigenvalue weighted by Crippen LogP contribution is 2.50. The van der Waals surface area contributed by atoms with E-state index in [1.165, 1.54) is 44.5 Å². The van der Waals surface area contributed by atoms with E-state index in [1.54, 1.807) is 0 Å². The molecule has 0 atom stereocenters. The number of hydrogen-bond acceptors (Lipinski definition) is 3. The minimum absolute atomic E-state index is 0.132. The van der Waals surface area contributed by atoms with E-state index in [1.807, 2.05) is 0 Å². The third-order valence-electron chi connectivity index (χ3n) is 18.3. The van der Waals surface area contributed by atoms with Crippen molar-refractivity contribution in [1.82, 2.24) is 29.9 Å². The summed E-state index contributed by atoms with van der Waals surface area (Å²) in [6.45, 7) is 55.8. The van der Waals surface area contributed by atoms with E-state index >= 15 is 0 Å². The molecule has 9 aromatic rings. The van der Waals surface area contributed by atoms with E-state index in [0.717, 1.165) is 112 Å². The fourth-order valence-electron chi connectivity index (χ4n) is 12.3. The highest BCUT2D eigenvalue weighted by atomic mass is 15.0. The number of hydrogen-bond donors (Lipinski definition) is 3. The van der Waals surface area contributed by atoms with Crippen molar-refractivity contribution >= 4 is 34.2 Å². The first-order valence-corrected chi connectivity index (χ1v) is 32.4. The topological polar surface area (TPSA) is 86.0 Å². The first-order chi connectivity index (χ1) is 41.1. The number of nitrogens with zero attached hydrogens (tertiary/aromatic N) is 3. The maximum atomic E-state index is 6.15. The number of imidazole rings is 1. The van der Waals surface area contributed by atoms with Crippen LogP contribution in [0.2, 0.25) is 0 Å². The molecule has 6 nitrogen and oxygen atoms in total. The van der Waals surface area contributed by atoms with E-state index in [-0.39, 0.29) is 43.3 Å². The lowest BCUT2D eigenvalue weighted by Gasteiger charge is -2.26. The second-order valence-corrected chi connectivity index (χ2v) is 34.0. The van der Waals surface area contributed by atoms with Gasteiger partial charge >= 0.3 is 0 Å². The molecule has 0 spiro atoms. The van der Waals surface area contributed by atoms with Gasteiger partial charge in [-0.05, 0) is 146 Å². The van der Waals surface area contributed by atoms with Gasteiger partial charge in [-0.1, -0.05) is 269 Å². The summed E-state index contributed by atoms with van der Waals surface area (Å²) in [7, 11) is 0. The Morgan fingerprint density at radius 3 is 0.831 bits per heavy atom. The second kappa shape index (κ2) is 21.4. The third-order valence-corrected chi connectivity index (χ3v) is 18.3. The maximum absolute atomic E-state index is 6.15. The zero-order chi connectivity index (χ0) is 64.7. The summed E-state index contributed by atoms with van der Waals surface area (Å²) in [4.78, 5) is 30.2. The van der Waals surface area contributed by atoms with Crippen LogP contribution in [-0.2, 0) is 43.3 Å². The van der Waals surface area contributed by atoms with E-state index in [9.17, 15) is 0 Å². The van der Waals surface area contributed by atoms with Crippen LogP contribution >= 0.6 is 0 Å². The third kappa shape index (κ3) is 12.3. The Hall–Kier alpha value is -7.83. The maximum Gasteiger partial charge on any atom is 0.138 e. The summed E-state index contributed by atoms with van der Waals surface area (Å²) < 4.78 is 0. The van der Waals surface area contributed by atoms with Gasteiger partial charge in [-0.25, -0.2) is 15.0 Å². The molecular weight excluding hydrogens is 1080 g/mol. The van der Waals surface area contributed by atoms with Crippen LogP contribution in [-0.4, -0.2) is 29.9 Å². The Balaban J connectivity index is 1.44. The van der Waals surface area contributed by atoms with Gasteiger partial charge in [0.1, 0.15) is 17.2 Å². The Morgan fingerprint density at radius 2 is 0.528 bits per heavy atom. The summed E-state index contributed by atoms with van der Waals surface area (Å²) in [5.41, 5.74) is 27.3. The van der Waals surface area contributed by atoms with Crippen LogP contribution in [0.5, 0.6) is 0 Å². The zero-order valence-corrected chi connectivity index (χ0v) is 58.1. The normalized spacial score (nSPS) is 13.6. The zero-order valence-electron chi connectivity index (χ0n) is 58.1. The fourth-order valence-corrected chi connectivity index (χ4v) is 12.3. The number of benzene rings is 5. The van der Waals surface area contributed by atoms with Gasteiger partial charge in [-0.15, -0.1) is 0 Å². The van der Waals surface area contributed by atoms with Crippen LogP contribution in [0.4, 0.5) is 0 Å². The molecule has 6 heteroatoms. The molecule has 460 valence electrons. The van der Waals surface area contributed by atoms with Crippen molar-refractivity contribution in [2.45, 2.75) is 209 Å². The van der Waals surface area contributed by atoms with E-state index in [0.29, 0.717) is 0 Å². The summed E-state index contributed by atoms with van der Waals surface area (Å²) in [6.07, 6.45) is 4.51. The molecule has 3 N–H and O–H groups in total. The van der Waals surface area contributed by atoms with Crippen molar-refractivity contribution in [3.8, 4) is 78.7 Å². The van der Waals surface area contributed by atoms with Gasteiger partial charge in [0, 0.05) is 49.9 Å². The Labute approximate surface area is 532 Å². The van der Waals surface area contributed by atoms with E-state index < -0.39 is 0 Å². The van der Waals surface area contributed by atoms with Gasteiger partial charge in [0.05, 0.1) is 22.8 Å². The van der Waals surface area contributed by atoms with Crippen LogP contribution in [0.15, 0.2) is 127 Å². The van der Waals surface area contributed by atoms with Crippen LogP contribution in [0.3, 0.4) is 0 Å². The lowest BCUT2D eigenvalue weighted by Crippen LogP contribution is -2.16. The van der Waals surface area contributed by atoms with Gasteiger partial charge in [0.15, 0.2) is 0 Å². The van der Waals surface area contributed by atoms with Crippen LogP contribution in [0.1, 0.15) is 222 Å². The monoisotopic (exact) mass is 1180 g/mol. The van der Waals surface area contributed by atoms with Crippen molar-refractivity contribution < 1.29 is 0 Å². The van der Waals surface area contributed by atoms with Crippen LogP contribution in [0.25, 0.3) is 113 Å². The predicted molar refractivity (Wildman–Crippen MR) is 383 cm³/mol. The highest BCUT2D eigenvalue weighted by Gasteiger charge is 2.33. The lowest BCUT2D eigenvalue weighted by atomic mass is 9.78. The predicted octanol–water partition coefficient (Wildman–Crippen LogP) is 23.3. The van der Waals surface area contributed by atoms with Gasteiger partial charge in [0.2, 0.25) is 0 Å². The molecule has 5 aromatic carbocycles. The van der Waals surface area contributed by atoms with E-state index in [2.05, 4.69) is 321 Å². The standard InChI is InChI=1S/C83H98N6/c1-76(2,3)53-36-49(37-54(44-53)77(4,5)6)67-61-30-31-62(84-61)68(50-38-55(78(7,8)9)45-56(39-50)79(10,11)12)64-33-35-66(86-64)70(52-42-59(82(19,20)21)47-60(43-52)83(22,23)24)72-74-73(88-75(89-74)48-28-26-25-27-29-48)71(87-72)69(65-34-32-63(67)85-65)51-40-57(80(13,14)15)46-58(41-51)81(16,17)18/h25-47,85-86H,1-24H3,(H,88,89). The lowest BCUT2D eigenvalue weighted by molar-refractivity contribution is 0.568. The minimum atomic E-state index is -0.166. The fraction of sp³-hybridized carbons (Fsp3) is 0.386. The van der Waals surface area contributed by atoms with Crippen molar-refractivity contribution in [3.05, 3.63) is 183 Å². The van der Waals surface area contributed by atoms with E-state index in [4.69, 9.17) is 15.0 Å². The highest BCUT2D eigenvalue weighted by molar-refractivity contribution is 6.04. The van der Waals surface area contributed by atoms with Crippen molar-refractivity contribution in [3.63, 3.8) is 0 Å². The van der Waals surface area contributed by atoms with Crippen molar-refractivity contribution in [2.24, 2.45) is 0 Å². The molecule has 0 fully saturated rings. The Bertz CT molecular complexity index is 4080. The molecule has 0 saturated heterocycles. The summed E-state index contributed by atoms with van der Waals surface area (Å²) in [6, 6.07) is 48.7. The largest absolute Gasteiger partial charge is 0.354 e. The summed E-state index contributed by atoms with van der Waals surface area (Å²) in [5.74, 6) is 0.788. The first kappa shape index (κ1) is 62.8. The van der Waals surface area contributed by atoms with Crippen LogP contribution < -0.4 is 0 Å². The second-order valence-electron chi connectivity index (χ2n) is 34.0. The van der Waals surface area contributed by atoms with Gasteiger partial charge in [0.25, 0.3) is 0 Å². The molecule has 2 aliphatic heterocycles. The summed E-state index contributed by atoms with van der Waals surface area (Å²) >= 11 is 0. The molecule has 8 bridgehead atoms. The van der Waals surface area contributed by atoms with Gasteiger partial charge in [-0.3, -0.25) is 0 Å². The molecule has 89 heavy (non-hydrogen) atoms. The van der Waals surface area contributed by atoms with Crippen molar-refractivity contribution in [2.75, 3.05) is 0 Å². The number of aromatic nitrogens is 6. The number of aromatic amines is 3. The quantitative estimate of drug-likeness (QED) is 0.160. The Morgan fingerprint density at radius 1 is 0.247 bits per heavy atom. The number of nitrogens with one attached hydrogen (secondary N) is 3. The molecule has 0 saturated carbocycles. The van der Waals surface area contributed by atoms with Crippen LogP contribution in [0, 0.1) is 0 Å². The van der Waals surface area contributed by atoms with Crippen molar-refractivity contribution in [1.29, 1.82) is 0 Å². The smallest absolute Gasteiger partial charge is 0.138 e. The number of rotatable bonds is 5. The molecule has 11 rings (SSSR count). The molecule has 2 aliphatic rings. The molecule has 0 aliphatic carbocycles. The molecular formula is C83H98N6. The van der Waals surface area contributed by atoms with Gasteiger partial charge < -0.3 is 15.0 Å². The molecule has 6 heterocycles. The minimum Gasteiger partial charge on any atom is -0.354 e. The number of H-pyrrole nitrogens is 3. The average Bonchev–Trinajstić information content (AvgIpc) is 1.63. The first-order valence-electron chi connectivity index (χ1n) is 32.4. The average molecular weight is 1180 g/mol. The SMILES string of the molecule is CC(C)(C)c1cc(-c2c3nc(c(-c4cc(C(C)(C)C)cc(C(C)(C)C)c4)c4ccc([nH]4)c(-c4cc(C(C)(C)C)cc(C(C)(C)C)c4)c4nc(c(-c5cc(C(C)(C)C)cc(C(C)(C)C)c5)c5ccc2[nH]5)-c2nc(-c5ccccc5)[nH]c2-4)C=C3)cc(C(C)(C)C)c1. The molecule has 4 aromatic heterocycles. The summed E-state index contributed by atoms with van der Waals surface area (Å²) in [5, 5.41) is 0.